The quantitative estimate of drug-likeness (QED) is 0.725. The van der Waals surface area contributed by atoms with Crippen molar-refractivity contribution >= 4 is 5.91 Å². The molecule has 0 bridgehead atoms. The molecular formula is C20H21FN4O2. The van der Waals surface area contributed by atoms with Gasteiger partial charge in [0.2, 0.25) is 5.91 Å². The highest BCUT2D eigenvalue weighted by Gasteiger charge is 2.13. The summed E-state index contributed by atoms with van der Waals surface area (Å²) in [6.07, 6.45) is 7.69. The van der Waals surface area contributed by atoms with Gasteiger partial charge in [-0.1, -0.05) is 0 Å². The van der Waals surface area contributed by atoms with Crippen LogP contribution in [0.2, 0.25) is 0 Å². The van der Waals surface area contributed by atoms with Crippen molar-refractivity contribution in [2.75, 3.05) is 0 Å². The Labute approximate surface area is 156 Å². The van der Waals surface area contributed by atoms with E-state index in [1.54, 1.807) is 18.3 Å². The Hall–Kier alpha value is -2.96. The summed E-state index contributed by atoms with van der Waals surface area (Å²) in [5, 5.41) is 2.90. The molecule has 140 valence electrons. The first-order valence-electron chi connectivity index (χ1n) is 9.19. The number of aryl methyl sites for hydroxylation is 3. The van der Waals surface area contributed by atoms with Gasteiger partial charge in [-0.2, -0.15) is 0 Å². The van der Waals surface area contributed by atoms with Crippen molar-refractivity contribution in [2.24, 2.45) is 0 Å². The smallest absolute Gasteiger partial charge is 0.220 e. The average molecular weight is 368 g/mol. The number of imidazole rings is 1. The van der Waals surface area contributed by atoms with Gasteiger partial charge in [0.15, 0.2) is 11.7 Å². The number of fused-ring (bicyclic) bond motifs is 1. The Balaban J connectivity index is 1.27. The van der Waals surface area contributed by atoms with E-state index in [4.69, 9.17) is 4.42 Å². The molecule has 7 heteroatoms. The van der Waals surface area contributed by atoms with E-state index in [0.717, 1.165) is 30.0 Å². The zero-order valence-electron chi connectivity index (χ0n) is 14.9. The first-order chi connectivity index (χ1) is 13.2. The Kier molecular flexibility index (Phi) is 5.00. The highest BCUT2D eigenvalue weighted by Crippen LogP contribution is 2.21. The number of hydrogen-bond acceptors (Lipinski definition) is 4. The fourth-order valence-corrected chi connectivity index (χ4v) is 3.23. The van der Waals surface area contributed by atoms with Crippen LogP contribution in [-0.2, 0) is 30.7 Å². The molecular weight excluding hydrogens is 347 g/mol. The van der Waals surface area contributed by atoms with Gasteiger partial charge in [-0.15, -0.1) is 0 Å². The summed E-state index contributed by atoms with van der Waals surface area (Å²) in [6.45, 7) is 1.45. The molecule has 0 aliphatic carbocycles. The number of amides is 1. The van der Waals surface area contributed by atoms with Crippen LogP contribution in [0.3, 0.4) is 0 Å². The van der Waals surface area contributed by atoms with Crippen LogP contribution in [0, 0.1) is 5.82 Å². The number of benzene rings is 1. The first kappa shape index (κ1) is 17.5. The number of carbonyl (C=O) groups is 1. The molecule has 3 heterocycles. The molecule has 3 aromatic rings. The van der Waals surface area contributed by atoms with Gasteiger partial charge in [-0.25, -0.2) is 14.4 Å². The lowest BCUT2D eigenvalue weighted by atomic mass is 10.2. The minimum atomic E-state index is -0.297. The minimum Gasteiger partial charge on any atom is -0.441 e. The van der Waals surface area contributed by atoms with Gasteiger partial charge < -0.3 is 14.3 Å². The fraction of sp³-hybridized carbons (Fsp3) is 0.350. The second kappa shape index (κ2) is 7.73. The van der Waals surface area contributed by atoms with Gasteiger partial charge in [-0.3, -0.25) is 4.79 Å². The molecule has 0 spiro atoms. The molecule has 0 radical (unpaired) electrons. The van der Waals surface area contributed by atoms with Gasteiger partial charge in [0.25, 0.3) is 0 Å². The van der Waals surface area contributed by atoms with Gasteiger partial charge >= 0.3 is 0 Å². The van der Waals surface area contributed by atoms with E-state index in [2.05, 4.69) is 19.9 Å². The van der Waals surface area contributed by atoms with Crippen molar-refractivity contribution in [3.8, 4) is 11.3 Å². The largest absolute Gasteiger partial charge is 0.441 e. The second-order valence-corrected chi connectivity index (χ2v) is 6.70. The van der Waals surface area contributed by atoms with Crippen LogP contribution in [0.25, 0.3) is 11.3 Å². The Morgan fingerprint density at radius 1 is 1.26 bits per heavy atom. The van der Waals surface area contributed by atoms with Crippen LogP contribution in [0.4, 0.5) is 4.39 Å². The SMILES string of the molecule is O=C(CCc1ncc(-c2ccc(F)cc2)o1)NCc1cn2c(n1)CCCC2. The van der Waals surface area contributed by atoms with E-state index in [0.29, 0.717) is 24.6 Å². The van der Waals surface area contributed by atoms with E-state index in [9.17, 15) is 9.18 Å². The van der Waals surface area contributed by atoms with Crippen LogP contribution in [0.1, 0.15) is 36.7 Å². The van der Waals surface area contributed by atoms with E-state index in [1.807, 2.05) is 6.20 Å². The highest BCUT2D eigenvalue weighted by molar-refractivity contribution is 5.76. The topological polar surface area (TPSA) is 73.0 Å². The van der Waals surface area contributed by atoms with Crippen molar-refractivity contribution in [3.05, 3.63) is 59.9 Å². The second-order valence-electron chi connectivity index (χ2n) is 6.70. The van der Waals surface area contributed by atoms with Crippen LogP contribution in [-0.4, -0.2) is 20.4 Å². The van der Waals surface area contributed by atoms with Crippen LogP contribution < -0.4 is 5.32 Å². The number of nitrogens with zero attached hydrogens (tertiary/aromatic N) is 3. The monoisotopic (exact) mass is 368 g/mol. The molecule has 0 unspecified atom stereocenters. The predicted octanol–water partition coefficient (Wildman–Crippen LogP) is 3.26. The lowest BCUT2D eigenvalue weighted by Crippen LogP contribution is -2.23. The molecule has 27 heavy (non-hydrogen) atoms. The third-order valence-electron chi connectivity index (χ3n) is 4.67. The maximum Gasteiger partial charge on any atom is 0.220 e. The van der Waals surface area contributed by atoms with E-state index >= 15 is 0 Å². The lowest BCUT2D eigenvalue weighted by Gasteiger charge is -2.11. The molecule has 6 nitrogen and oxygen atoms in total. The van der Waals surface area contributed by atoms with Crippen molar-refractivity contribution < 1.29 is 13.6 Å². The minimum absolute atomic E-state index is 0.0671. The third kappa shape index (κ3) is 4.24. The standard InChI is InChI=1S/C20H21FN4O2/c21-15-6-4-14(5-7-15)17-12-23-20(27-17)9-8-19(26)22-11-16-13-25-10-2-1-3-18(25)24-16/h4-7,12-13H,1-3,8-11H2,(H,22,26). The van der Waals surface area contributed by atoms with Gasteiger partial charge in [0.1, 0.15) is 11.6 Å². The maximum absolute atomic E-state index is 13.0. The summed E-state index contributed by atoms with van der Waals surface area (Å²) < 4.78 is 20.8. The molecule has 4 rings (SSSR count). The average Bonchev–Trinajstić information content (AvgIpc) is 3.32. The number of oxazole rings is 1. The molecule has 1 aromatic carbocycles. The molecule has 0 saturated carbocycles. The zero-order valence-corrected chi connectivity index (χ0v) is 14.9. The summed E-state index contributed by atoms with van der Waals surface area (Å²) >= 11 is 0. The number of hydrogen-bond donors (Lipinski definition) is 1. The molecule has 0 saturated heterocycles. The number of rotatable bonds is 6. The molecule has 1 aliphatic rings. The van der Waals surface area contributed by atoms with Crippen molar-refractivity contribution in [1.29, 1.82) is 0 Å². The number of halogens is 1. The van der Waals surface area contributed by atoms with Gasteiger partial charge in [-0.05, 0) is 37.1 Å². The highest BCUT2D eigenvalue weighted by atomic mass is 19.1. The van der Waals surface area contributed by atoms with Crippen LogP contribution >= 0.6 is 0 Å². The molecule has 2 aromatic heterocycles. The molecule has 0 atom stereocenters. The van der Waals surface area contributed by atoms with Gasteiger partial charge in [0.05, 0.1) is 18.4 Å². The van der Waals surface area contributed by atoms with Crippen molar-refractivity contribution in [2.45, 2.75) is 45.2 Å². The van der Waals surface area contributed by atoms with E-state index < -0.39 is 0 Å². The molecule has 1 amide bonds. The third-order valence-corrected chi connectivity index (χ3v) is 4.67. The number of carbonyl (C=O) groups excluding carboxylic acids is 1. The maximum atomic E-state index is 13.0. The lowest BCUT2D eigenvalue weighted by molar-refractivity contribution is -0.121. The zero-order chi connectivity index (χ0) is 18.6. The summed E-state index contributed by atoms with van der Waals surface area (Å²) in [5.41, 5.74) is 1.65. The predicted molar refractivity (Wildman–Crippen MR) is 97.2 cm³/mol. The van der Waals surface area contributed by atoms with E-state index in [-0.39, 0.29) is 18.1 Å². The molecule has 1 aliphatic heterocycles. The van der Waals surface area contributed by atoms with Crippen molar-refractivity contribution in [3.63, 3.8) is 0 Å². The van der Waals surface area contributed by atoms with Crippen molar-refractivity contribution in [1.82, 2.24) is 19.9 Å². The summed E-state index contributed by atoms with van der Waals surface area (Å²) in [7, 11) is 0. The van der Waals surface area contributed by atoms with Crippen LogP contribution in [0.15, 0.2) is 41.1 Å². The fourth-order valence-electron chi connectivity index (χ4n) is 3.23. The Morgan fingerprint density at radius 3 is 2.93 bits per heavy atom. The normalized spacial score (nSPS) is 13.4. The molecule has 1 N–H and O–H groups in total. The van der Waals surface area contributed by atoms with Gasteiger partial charge in [0, 0.05) is 37.6 Å². The Morgan fingerprint density at radius 2 is 2.11 bits per heavy atom. The van der Waals surface area contributed by atoms with E-state index in [1.165, 1.54) is 25.0 Å². The molecule has 0 fully saturated rings. The van der Waals surface area contributed by atoms with Crippen LogP contribution in [0.5, 0.6) is 0 Å². The first-order valence-corrected chi connectivity index (χ1v) is 9.19. The number of nitrogens with one attached hydrogen (secondary N) is 1. The summed E-state index contributed by atoms with van der Waals surface area (Å²) in [4.78, 5) is 20.9. The number of aromatic nitrogens is 3. The Bertz CT molecular complexity index is 906. The summed E-state index contributed by atoms with van der Waals surface area (Å²) in [6, 6.07) is 6.02. The summed E-state index contributed by atoms with van der Waals surface area (Å²) in [5.74, 6) is 1.80.